The van der Waals surface area contributed by atoms with E-state index in [4.69, 9.17) is 9.47 Å². The number of guanidine groups is 1. The number of hydrogen-bond acceptors (Lipinski definition) is 5. The molecule has 0 saturated carbocycles. The number of ether oxygens (including phenoxy) is 2. The summed E-state index contributed by atoms with van der Waals surface area (Å²) in [5, 5.41) is 13.5. The van der Waals surface area contributed by atoms with Crippen molar-refractivity contribution in [3.05, 3.63) is 10.1 Å². The summed E-state index contributed by atoms with van der Waals surface area (Å²) in [5.41, 5.74) is 0. The summed E-state index contributed by atoms with van der Waals surface area (Å²) < 4.78 is 10.8. The van der Waals surface area contributed by atoms with Crippen LogP contribution in [0.4, 0.5) is 4.79 Å². The highest BCUT2D eigenvalue weighted by molar-refractivity contribution is 5.95. The van der Waals surface area contributed by atoms with Crippen LogP contribution in [0.5, 0.6) is 0 Å². The van der Waals surface area contributed by atoms with Crippen LogP contribution in [0, 0.1) is 16.0 Å². The molecule has 0 bridgehead atoms. The van der Waals surface area contributed by atoms with Crippen molar-refractivity contribution in [3.63, 3.8) is 0 Å². The molecule has 2 saturated heterocycles. The first kappa shape index (κ1) is 17.5. The Balaban J connectivity index is 2.06. The Kier molecular flexibility index (Phi) is 5.75. The van der Waals surface area contributed by atoms with Gasteiger partial charge in [-0.2, -0.15) is 0 Å². The van der Waals surface area contributed by atoms with E-state index >= 15 is 0 Å². The number of hydrazone groups is 1. The van der Waals surface area contributed by atoms with Crippen LogP contribution in [0.3, 0.4) is 0 Å². The Morgan fingerprint density at radius 1 is 1.57 bits per heavy atom. The second-order valence-corrected chi connectivity index (χ2v) is 6.08. The van der Waals surface area contributed by atoms with E-state index < -0.39 is 11.1 Å². The van der Waals surface area contributed by atoms with Crippen LogP contribution in [-0.2, 0) is 9.47 Å². The SMILES string of the molecule is CCC(C)OC(=O)N1CCN(CC2COC(C)C2)C1=N[N+](=O)[O-]. The molecule has 0 aromatic rings. The molecule has 9 heteroatoms. The van der Waals surface area contributed by atoms with Crippen molar-refractivity contribution in [3.8, 4) is 0 Å². The molecule has 9 nitrogen and oxygen atoms in total. The van der Waals surface area contributed by atoms with Gasteiger partial charge in [0.1, 0.15) is 11.2 Å². The fourth-order valence-corrected chi connectivity index (χ4v) is 2.79. The van der Waals surface area contributed by atoms with Crippen LogP contribution >= 0.6 is 0 Å². The maximum atomic E-state index is 12.2. The van der Waals surface area contributed by atoms with E-state index in [0.717, 1.165) is 6.42 Å². The first-order chi connectivity index (χ1) is 10.9. The lowest BCUT2D eigenvalue weighted by atomic mass is 10.1. The Bertz CT molecular complexity index is 484. The van der Waals surface area contributed by atoms with Crippen LogP contribution < -0.4 is 0 Å². The van der Waals surface area contributed by atoms with Gasteiger partial charge in [-0.15, -0.1) is 0 Å². The quantitative estimate of drug-likeness (QED) is 0.560. The van der Waals surface area contributed by atoms with E-state index in [1.807, 2.05) is 13.8 Å². The topological polar surface area (TPSA) is 97.5 Å². The third-order valence-electron chi connectivity index (χ3n) is 4.15. The minimum atomic E-state index is -0.773. The summed E-state index contributed by atoms with van der Waals surface area (Å²) in [5.74, 6) is 0.343. The van der Waals surface area contributed by atoms with Gasteiger partial charge in [-0.3, -0.25) is 0 Å². The molecular formula is C14H24N4O5. The summed E-state index contributed by atoms with van der Waals surface area (Å²) in [6, 6.07) is 0. The van der Waals surface area contributed by atoms with Crippen LogP contribution in [0.15, 0.2) is 5.10 Å². The molecule has 0 aliphatic carbocycles. The fourth-order valence-electron chi connectivity index (χ4n) is 2.79. The zero-order valence-corrected chi connectivity index (χ0v) is 13.8. The van der Waals surface area contributed by atoms with Crippen LogP contribution in [-0.4, -0.2) is 65.3 Å². The molecule has 3 unspecified atom stereocenters. The van der Waals surface area contributed by atoms with E-state index in [0.29, 0.717) is 32.7 Å². The van der Waals surface area contributed by atoms with Gasteiger partial charge in [0, 0.05) is 19.0 Å². The Labute approximate surface area is 135 Å². The largest absolute Gasteiger partial charge is 0.446 e. The summed E-state index contributed by atoms with van der Waals surface area (Å²) >= 11 is 0. The third-order valence-corrected chi connectivity index (χ3v) is 4.15. The number of carbonyl (C=O) groups is 1. The van der Waals surface area contributed by atoms with E-state index in [9.17, 15) is 14.9 Å². The molecule has 23 heavy (non-hydrogen) atoms. The maximum absolute atomic E-state index is 12.2. The van der Waals surface area contributed by atoms with Crippen molar-refractivity contribution in [1.29, 1.82) is 0 Å². The summed E-state index contributed by atoms with van der Waals surface area (Å²) in [4.78, 5) is 26.0. The first-order valence-electron chi connectivity index (χ1n) is 7.98. The molecule has 130 valence electrons. The van der Waals surface area contributed by atoms with Gasteiger partial charge < -0.3 is 14.4 Å². The lowest BCUT2D eigenvalue weighted by Gasteiger charge is -2.22. The van der Waals surface area contributed by atoms with Crippen molar-refractivity contribution in [2.45, 2.75) is 45.8 Å². The van der Waals surface area contributed by atoms with Crippen molar-refractivity contribution in [2.24, 2.45) is 11.0 Å². The predicted molar refractivity (Wildman–Crippen MR) is 82.5 cm³/mol. The minimum absolute atomic E-state index is 0.0582. The van der Waals surface area contributed by atoms with Crippen LogP contribution in [0.2, 0.25) is 0 Å². The lowest BCUT2D eigenvalue weighted by molar-refractivity contribution is -0.486. The van der Waals surface area contributed by atoms with Crippen LogP contribution in [0.25, 0.3) is 0 Å². The number of nitrogens with zero attached hydrogens (tertiary/aromatic N) is 4. The van der Waals surface area contributed by atoms with Gasteiger partial charge in [0.05, 0.1) is 19.3 Å². The Hall–Kier alpha value is -1.90. The molecule has 1 amide bonds. The zero-order chi connectivity index (χ0) is 17.0. The molecule has 2 fully saturated rings. The van der Waals surface area contributed by atoms with Gasteiger partial charge in [0.2, 0.25) is 0 Å². The van der Waals surface area contributed by atoms with E-state index in [1.54, 1.807) is 11.8 Å². The standard InChI is InChI=1S/C14H24N4O5/c1-4-10(2)23-14(19)17-6-5-16(13(17)15-18(20)21)8-12-7-11(3)22-9-12/h10-12H,4-9H2,1-3H3. The highest BCUT2D eigenvalue weighted by atomic mass is 16.7. The highest BCUT2D eigenvalue weighted by Gasteiger charge is 2.37. The Morgan fingerprint density at radius 2 is 2.30 bits per heavy atom. The molecule has 2 aliphatic heterocycles. The molecule has 3 atom stereocenters. The zero-order valence-electron chi connectivity index (χ0n) is 13.8. The third kappa shape index (κ3) is 4.54. The van der Waals surface area contributed by atoms with Gasteiger partial charge in [-0.25, -0.2) is 19.8 Å². The van der Waals surface area contributed by atoms with Crippen molar-refractivity contribution >= 4 is 12.1 Å². The smallest absolute Gasteiger partial charge is 0.417 e. The second-order valence-electron chi connectivity index (χ2n) is 6.08. The highest BCUT2D eigenvalue weighted by Crippen LogP contribution is 2.22. The van der Waals surface area contributed by atoms with Crippen LogP contribution in [0.1, 0.15) is 33.6 Å². The normalized spacial score (nSPS) is 27.5. The van der Waals surface area contributed by atoms with E-state index in [-0.39, 0.29) is 24.1 Å². The molecular weight excluding hydrogens is 304 g/mol. The first-order valence-corrected chi connectivity index (χ1v) is 7.98. The van der Waals surface area contributed by atoms with Gasteiger partial charge in [0.15, 0.2) is 5.03 Å². The minimum Gasteiger partial charge on any atom is -0.446 e. The van der Waals surface area contributed by atoms with Gasteiger partial charge in [-0.05, 0) is 26.7 Å². The van der Waals surface area contributed by atoms with E-state index in [2.05, 4.69) is 5.10 Å². The average Bonchev–Trinajstić information content (AvgIpc) is 3.06. The van der Waals surface area contributed by atoms with Gasteiger partial charge >= 0.3 is 6.09 Å². The average molecular weight is 328 g/mol. The summed E-state index contributed by atoms with van der Waals surface area (Å²) in [6.45, 7) is 7.75. The monoisotopic (exact) mass is 328 g/mol. The molecule has 2 rings (SSSR count). The van der Waals surface area contributed by atoms with Gasteiger partial charge in [0.25, 0.3) is 5.96 Å². The number of nitro groups is 1. The molecule has 0 radical (unpaired) electrons. The maximum Gasteiger partial charge on any atom is 0.417 e. The molecule has 0 aromatic carbocycles. The molecule has 0 N–H and O–H groups in total. The van der Waals surface area contributed by atoms with Crippen molar-refractivity contribution in [2.75, 3.05) is 26.2 Å². The number of carbonyl (C=O) groups excluding carboxylic acids is 1. The second kappa shape index (κ2) is 7.58. The molecule has 0 aromatic heterocycles. The van der Waals surface area contributed by atoms with Crippen molar-refractivity contribution in [1.82, 2.24) is 9.80 Å². The fraction of sp³-hybridized carbons (Fsp3) is 0.857. The van der Waals surface area contributed by atoms with Crippen molar-refractivity contribution < 1.29 is 19.3 Å². The number of amides is 1. The molecule has 2 aliphatic rings. The summed E-state index contributed by atoms with van der Waals surface area (Å²) in [7, 11) is 0. The lowest BCUT2D eigenvalue weighted by Crippen LogP contribution is -2.41. The molecule has 2 heterocycles. The van der Waals surface area contributed by atoms with Gasteiger partial charge in [-0.1, -0.05) is 6.92 Å². The van der Waals surface area contributed by atoms with E-state index in [1.165, 1.54) is 4.90 Å². The predicted octanol–water partition coefficient (Wildman–Crippen LogP) is 1.51. The molecule has 0 spiro atoms. The number of hydrogen-bond donors (Lipinski definition) is 0. The Morgan fingerprint density at radius 3 is 2.87 bits per heavy atom. The number of rotatable bonds is 5. The summed E-state index contributed by atoms with van der Waals surface area (Å²) in [6.07, 6.45) is 0.961.